The first-order valence-electron chi connectivity index (χ1n) is 10.4. The van der Waals surface area contributed by atoms with Crippen LogP contribution in [0.15, 0.2) is 11.1 Å². The molecule has 4 rings (SSSR count). The van der Waals surface area contributed by atoms with E-state index in [1.807, 2.05) is 0 Å². The van der Waals surface area contributed by atoms with Gasteiger partial charge in [0.05, 0.1) is 24.8 Å². The number of fused-ring (bicyclic) bond motifs is 4. The van der Waals surface area contributed by atoms with Crippen molar-refractivity contribution < 1.29 is 19.0 Å². The van der Waals surface area contributed by atoms with Gasteiger partial charge in [-0.25, -0.2) is 4.79 Å². The maximum Gasteiger partial charge on any atom is 0.335 e. The molecular formula is C22H35NO4. The second-order valence-electron chi connectivity index (χ2n) is 9.91. The van der Waals surface area contributed by atoms with Gasteiger partial charge in [-0.05, 0) is 61.8 Å². The Bertz CT molecular complexity index is 657. The first-order chi connectivity index (χ1) is 12.8. The molecule has 4 bridgehead atoms. The molecule has 0 amide bonds. The predicted molar refractivity (Wildman–Crippen MR) is 103 cm³/mol. The van der Waals surface area contributed by atoms with Gasteiger partial charge >= 0.3 is 5.97 Å². The molecule has 6 atom stereocenters. The molecule has 1 saturated heterocycles. The van der Waals surface area contributed by atoms with Gasteiger partial charge in [0.1, 0.15) is 6.79 Å². The number of carbonyl (C=O) groups is 1. The molecule has 2 aliphatic heterocycles. The Labute approximate surface area is 163 Å². The summed E-state index contributed by atoms with van der Waals surface area (Å²) >= 11 is 0. The second kappa shape index (κ2) is 6.57. The zero-order chi connectivity index (χ0) is 19.6. The largest absolute Gasteiger partial charge is 0.466 e. The second-order valence-corrected chi connectivity index (χ2v) is 9.91. The third-order valence-corrected chi connectivity index (χ3v) is 8.99. The highest BCUT2D eigenvalue weighted by Crippen LogP contribution is 2.70. The van der Waals surface area contributed by atoms with Crippen LogP contribution in [0.5, 0.6) is 0 Å². The van der Waals surface area contributed by atoms with E-state index < -0.39 is 0 Å². The van der Waals surface area contributed by atoms with Crippen molar-refractivity contribution in [2.24, 2.45) is 22.7 Å². The Morgan fingerprint density at radius 1 is 1.22 bits per heavy atom. The number of esters is 1. The highest BCUT2D eigenvalue weighted by atomic mass is 16.7. The number of carbonyl (C=O) groups excluding carboxylic acids is 1. The molecular weight excluding hydrogens is 342 g/mol. The van der Waals surface area contributed by atoms with Crippen molar-refractivity contribution in [3.8, 4) is 0 Å². The molecule has 152 valence electrons. The predicted octanol–water partition coefficient (Wildman–Crippen LogP) is 3.38. The monoisotopic (exact) mass is 377 g/mol. The maximum absolute atomic E-state index is 13.0. The molecule has 2 heterocycles. The Morgan fingerprint density at radius 2 is 1.96 bits per heavy atom. The molecule has 5 nitrogen and oxygen atoms in total. The molecule has 4 unspecified atom stereocenters. The van der Waals surface area contributed by atoms with Crippen molar-refractivity contribution in [2.45, 2.75) is 71.1 Å². The molecule has 0 aromatic carbocycles. The maximum atomic E-state index is 13.0. The van der Waals surface area contributed by atoms with Crippen molar-refractivity contribution in [3.05, 3.63) is 11.1 Å². The third-order valence-electron chi connectivity index (χ3n) is 8.99. The van der Waals surface area contributed by atoms with Crippen LogP contribution in [0.25, 0.3) is 0 Å². The number of hydrogen-bond acceptors (Lipinski definition) is 5. The summed E-state index contributed by atoms with van der Waals surface area (Å²) in [5.74, 6) is 1.08. The molecule has 0 radical (unpaired) electrons. The number of nitrogens with zero attached hydrogens (tertiary/aromatic N) is 1. The fraction of sp³-hybridized carbons (Fsp3) is 0.864. The average Bonchev–Trinajstić information content (AvgIpc) is 3.06. The van der Waals surface area contributed by atoms with Crippen molar-refractivity contribution in [1.29, 1.82) is 0 Å². The Balaban J connectivity index is 1.76. The van der Waals surface area contributed by atoms with Crippen molar-refractivity contribution in [2.75, 3.05) is 28.1 Å². The van der Waals surface area contributed by atoms with Gasteiger partial charge in [-0.2, -0.15) is 0 Å². The first-order valence-corrected chi connectivity index (χ1v) is 10.4. The lowest BCUT2D eigenvalue weighted by atomic mass is 9.63. The minimum absolute atomic E-state index is 0.00837. The molecule has 27 heavy (non-hydrogen) atoms. The minimum Gasteiger partial charge on any atom is -0.466 e. The van der Waals surface area contributed by atoms with Crippen LogP contribution >= 0.6 is 0 Å². The van der Waals surface area contributed by atoms with Crippen molar-refractivity contribution in [3.63, 3.8) is 0 Å². The summed E-state index contributed by atoms with van der Waals surface area (Å²) < 4.78 is 16.4. The number of ether oxygens (including phenoxy) is 3. The summed E-state index contributed by atoms with van der Waals surface area (Å²) in [6.45, 7) is 7.61. The van der Waals surface area contributed by atoms with Crippen LogP contribution in [0.2, 0.25) is 0 Å². The van der Waals surface area contributed by atoms with Crippen LogP contribution in [0.4, 0.5) is 0 Å². The molecule has 4 aliphatic rings. The fourth-order valence-corrected chi connectivity index (χ4v) is 6.96. The molecule has 0 aromatic rings. The quantitative estimate of drug-likeness (QED) is 0.543. The lowest BCUT2D eigenvalue weighted by molar-refractivity contribution is -0.138. The normalized spacial score (nSPS) is 42.8. The van der Waals surface area contributed by atoms with Gasteiger partial charge in [0, 0.05) is 13.2 Å². The minimum atomic E-state index is -0.169. The molecule has 0 spiro atoms. The zero-order valence-electron chi connectivity index (χ0n) is 17.7. The van der Waals surface area contributed by atoms with E-state index in [4.69, 9.17) is 14.2 Å². The lowest BCUT2D eigenvalue weighted by Crippen LogP contribution is -2.46. The Morgan fingerprint density at radius 3 is 2.52 bits per heavy atom. The van der Waals surface area contributed by atoms with Crippen LogP contribution < -0.4 is 0 Å². The summed E-state index contributed by atoms with van der Waals surface area (Å²) in [7, 11) is 5.27. The van der Waals surface area contributed by atoms with Crippen molar-refractivity contribution >= 4 is 5.97 Å². The van der Waals surface area contributed by atoms with Gasteiger partial charge in [-0.3, -0.25) is 4.90 Å². The first kappa shape index (κ1) is 19.4. The topological polar surface area (TPSA) is 48.0 Å². The summed E-state index contributed by atoms with van der Waals surface area (Å²) in [5.41, 5.74) is 2.85. The fourth-order valence-electron chi connectivity index (χ4n) is 6.96. The van der Waals surface area contributed by atoms with Gasteiger partial charge < -0.3 is 14.2 Å². The molecule has 2 aliphatic carbocycles. The molecule has 2 saturated carbocycles. The summed E-state index contributed by atoms with van der Waals surface area (Å²) in [6.07, 6.45) is 5.71. The van der Waals surface area contributed by atoms with Crippen LogP contribution in [0, 0.1) is 22.7 Å². The lowest BCUT2D eigenvalue weighted by Gasteiger charge is -2.44. The summed E-state index contributed by atoms with van der Waals surface area (Å²) in [4.78, 5) is 15.3. The van der Waals surface area contributed by atoms with Crippen molar-refractivity contribution in [1.82, 2.24) is 4.90 Å². The van der Waals surface area contributed by atoms with Crippen LogP contribution in [0.3, 0.4) is 0 Å². The van der Waals surface area contributed by atoms with Gasteiger partial charge in [-0.1, -0.05) is 26.3 Å². The van der Waals surface area contributed by atoms with E-state index in [9.17, 15) is 4.79 Å². The van der Waals surface area contributed by atoms with Crippen LogP contribution in [-0.2, 0) is 19.0 Å². The molecule has 5 heteroatoms. The van der Waals surface area contributed by atoms with Crippen LogP contribution in [-0.4, -0.2) is 57.1 Å². The number of hydrogen-bond donors (Lipinski definition) is 0. The highest BCUT2D eigenvalue weighted by Gasteiger charge is 2.63. The van der Waals surface area contributed by atoms with Gasteiger partial charge in [0.2, 0.25) is 0 Å². The molecule has 0 N–H and O–H groups in total. The van der Waals surface area contributed by atoms with E-state index in [2.05, 4.69) is 32.7 Å². The SMILES string of the molecule is COCO[C@@H]1CC2CC(C3CC4CCC3(C)C4(C)C)=C(C(=O)OC)[C@H]1N2C. The Kier molecular flexibility index (Phi) is 4.72. The average molecular weight is 378 g/mol. The van der Waals surface area contributed by atoms with E-state index in [1.165, 1.54) is 31.9 Å². The molecule has 0 aromatic heterocycles. The number of likely N-dealkylation sites (N-methyl/N-ethyl adjacent to an activating group) is 1. The van der Waals surface area contributed by atoms with Gasteiger partial charge in [0.25, 0.3) is 0 Å². The smallest absolute Gasteiger partial charge is 0.335 e. The van der Waals surface area contributed by atoms with E-state index in [-0.39, 0.29) is 30.3 Å². The summed E-state index contributed by atoms with van der Waals surface area (Å²) in [6, 6.07) is 0.415. The Hall–Kier alpha value is -0.910. The number of rotatable bonds is 5. The van der Waals surface area contributed by atoms with E-state index in [0.29, 0.717) is 17.4 Å². The molecule has 3 fully saturated rings. The van der Waals surface area contributed by atoms with Crippen LogP contribution in [0.1, 0.15) is 52.9 Å². The van der Waals surface area contributed by atoms with E-state index in [1.54, 1.807) is 7.11 Å². The van der Waals surface area contributed by atoms with Gasteiger partial charge in [-0.15, -0.1) is 0 Å². The van der Waals surface area contributed by atoms with Gasteiger partial charge in [0.15, 0.2) is 0 Å². The summed E-state index contributed by atoms with van der Waals surface area (Å²) in [5, 5.41) is 0. The van der Waals surface area contributed by atoms with E-state index in [0.717, 1.165) is 24.3 Å². The zero-order valence-corrected chi connectivity index (χ0v) is 17.7. The van der Waals surface area contributed by atoms with E-state index >= 15 is 0 Å². The third kappa shape index (κ3) is 2.57. The highest BCUT2D eigenvalue weighted by molar-refractivity contribution is 5.91. The number of methoxy groups -OCH3 is 2. The standard InChI is InChI=1S/C22H35NO4/c1-21(2)13-7-8-22(21,3)16(9-13)15-10-14-11-17(27-12-25-5)19(23(14)4)18(15)20(24)26-6/h13-14,16-17,19H,7-12H2,1-6H3/t13?,14?,16?,17-,19+,22?/m1/s1.